The van der Waals surface area contributed by atoms with Crippen molar-refractivity contribution in [2.75, 3.05) is 5.33 Å². The lowest BCUT2D eigenvalue weighted by Crippen LogP contribution is -2.14. The Hall–Kier alpha value is -1.21. The van der Waals surface area contributed by atoms with Gasteiger partial charge in [0.15, 0.2) is 6.10 Å². The predicted octanol–water partition coefficient (Wildman–Crippen LogP) is 2.73. The van der Waals surface area contributed by atoms with Crippen LogP contribution in [0.25, 0.3) is 0 Å². The van der Waals surface area contributed by atoms with Gasteiger partial charge in [-0.3, -0.25) is 0 Å². The maximum absolute atomic E-state index is 12.3. The van der Waals surface area contributed by atoms with Crippen molar-refractivity contribution in [3.8, 4) is 5.75 Å². The molecule has 2 N–H and O–H groups in total. The summed E-state index contributed by atoms with van der Waals surface area (Å²) in [6.07, 6.45) is -0.830. The number of aliphatic hydroxyl groups excluding tert-OH is 1. The first kappa shape index (κ1) is 15.8. The van der Waals surface area contributed by atoms with E-state index in [1.165, 1.54) is 18.2 Å². The van der Waals surface area contributed by atoms with Gasteiger partial charge in [-0.15, -0.1) is 0 Å². The Labute approximate surface area is 117 Å². The van der Waals surface area contributed by atoms with Gasteiger partial charge in [0.05, 0.1) is 0 Å². The van der Waals surface area contributed by atoms with Crippen molar-refractivity contribution in [2.45, 2.75) is 25.6 Å². The quantitative estimate of drug-likeness (QED) is 0.750. The number of aliphatic hydroxyl groups is 1. The third-order valence-electron chi connectivity index (χ3n) is 2.47. The van der Waals surface area contributed by atoms with Gasteiger partial charge in [-0.1, -0.05) is 28.1 Å². The van der Waals surface area contributed by atoms with E-state index in [1.807, 2.05) is 0 Å². The minimum Gasteiger partial charge on any atom is -0.479 e. The van der Waals surface area contributed by atoms with Crippen LogP contribution in [0.5, 0.6) is 5.75 Å². The molecule has 0 aliphatic rings. The van der Waals surface area contributed by atoms with Crippen molar-refractivity contribution in [1.29, 1.82) is 0 Å². The van der Waals surface area contributed by atoms with E-state index in [2.05, 4.69) is 20.7 Å². The van der Waals surface area contributed by atoms with E-state index in [9.17, 15) is 18.7 Å². The lowest BCUT2D eigenvalue weighted by atomic mass is 9.98. The van der Waals surface area contributed by atoms with Crippen LogP contribution < -0.4 is 4.74 Å². The highest BCUT2D eigenvalue weighted by molar-refractivity contribution is 9.09. The average molecular weight is 339 g/mol. The number of benzene rings is 1. The summed E-state index contributed by atoms with van der Waals surface area (Å²) in [7, 11) is 0. The molecule has 19 heavy (non-hydrogen) atoms. The molecule has 0 fully saturated rings. The van der Waals surface area contributed by atoms with Crippen LogP contribution in [-0.2, 0) is 11.2 Å². The number of alkyl halides is 3. The second kappa shape index (κ2) is 7.40. The fourth-order valence-corrected chi connectivity index (χ4v) is 1.97. The maximum atomic E-state index is 12.3. The van der Waals surface area contributed by atoms with Gasteiger partial charge in [0.2, 0.25) is 0 Å². The Morgan fingerprint density at radius 2 is 2.11 bits per heavy atom. The summed E-state index contributed by atoms with van der Waals surface area (Å²) in [4.78, 5) is 10.8. The molecule has 0 aliphatic heterocycles. The zero-order valence-electron chi connectivity index (χ0n) is 9.85. The molecule has 1 unspecified atom stereocenters. The summed E-state index contributed by atoms with van der Waals surface area (Å²) in [6.45, 7) is -3.00. The van der Waals surface area contributed by atoms with Crippen molar-refractivity contribution < 1.29 is 28.5 Å². The fourth-order valence-electron chi connectivity index (χ4n) is 1.69. The summed E-state index contributed by atoms with van der Waals surface area (Å²) >= 11 is 3.21. The lowest BCUT2D eigenvalue weighted by molar-refractivity contribution is -0.147. The van der Waals surface area contributed by atoms with Crippen LogP contribution in [0.4, 0.5) is 8.78 Å². The summed E-state index contributed by atoms with van der Waals surface area (Å²) in [6, 6.07) is 4.09. The van der Waals surface area contributed by atoms with Crippen molar-refractivity contribution in [3.63, 3.8) is 0 Å². The van der Waals surface area contributed by atoms with Crippen LogP contribution in [0, 0.1) is 0 Å². The van der Waals surface area contributed by atoms with Crippen LogP contribution in [0.1, 0.15) is 23.7 Å². The Kier molecular flexibility index (Phi) is 6.17. The molecular formula is C12H13BrF2O4. The van der Waals surface area contributed by atoms with E-state index in [1.54, 1.807) is 0 Å². The second-order valence-electron chi connectivity index (χ2n) is 3.74. The Bertz CT molecular complexity index is 440. The fraction of sp³-hybridized carbons (Fsp3) is 0.417. The van der Waals surface area contributed by atoms with Crippen molar-refractivity contribution in [2.24, 2.45) is 0 Å². The molecule has 0 aliphatic carbocycles. The number of rotatable bonds is 7. The highest BCUT2D eigenvalue weighted by atomic mass is 79.9. The summed E-state index contributed by atoms with van der Waals surface area (Å²) < 4.78 is 29.0. The standard InChI is InChI=1S/C12H13BrF2O4/c13-6-2-4-7-8(10(16)11(17)18)3-1-5-9(7)19-12(14)15/h1,3,5,10,12,16H,2,4,6H2,(H,17,18). The average Bonchev–Trinajstić information content (AvgIpc) is 2.35. The molecule has 1 aromatic rings. The minimum absolute atomic E-state index is 0.0756. The Balaban J connectivity index is 3.17. The SMILES string of the molecule is O=C(O)C(O)c1cccc(OC(F)F)c1CCCBr. The monoisotopic (exact) mass is 338 g/mol. The van der Waals surface area contributed by atoms with Crippen LogP contribution in [0.2, 0.25) is 0 Å². The molecule has 106 valence electrons. The highest BCUT2D eigenvalue weighted by Crippen LogP contribution is 2.30. The molecule has 0 aromatic heterocycles. The molecule has 0 saturated heterocycles. The number of hydrogen-bond donors (Lipinski definition) is 2. The van der Waals surface area contributed by atoms with E-state index < -0.39 is 18.7 Å². The number of hydrogen-bond acceptors (Lipinski definition) is 3. The van der Waals surface area contributed by atoms with Gasteiger partial charge in [0, 0.05) is 10.9 Å². The molecule has 0 bridgehead atoms. The molecule has 7 heteroatoms. The van der Waals surface area contributed by atoms with Crippen molar-refractivity contribution in [1.82, 2.24) is 0 Å². The number of carbonyl (C=O) groups is 1. The number of aliphatic carboxylic acids is 1. The second-order valence-corrected chi connectivity index (χ2v) is 4.53. The zero-order valence-corrected chi connectivity index (χ0v) is 11.4. The smallest absolute Gasteiger partial charge is 0.387 e. The molecular weight excluding hydrogens is 326 g/mol. The normalized spacial score (nSPS) is 12.5. The van der Waals surface area contributed by atoms with Gasteiger partial charge in [-0.2, -0.15) is 8.78 Å². The van der Waals surface area contributed by atoms with Crippen molar-refractivity contribution >= 4 is 21.9 Å². The first-order chi connectivity index (χ1) is 8.97. The topological polar surface area (TPSA) is 66.8 Å². The van der Waals surface area contributed by atoms with Gasteiger partial charge in [0.1, 0.15) is 5.75 Å². The Morgan fingerprint density at radius 3 is 2.63 bits per heavy atom. The van der Waals surface area contributed by atoms with Gasteiger partial charge in [-0.05, 0) is 24.5 Å². The number of halogens is 3. The molecule has 0 radical (unpaired) electrons. The Morgan fingerprint density at radius 1 is 1.42 bits per heavy atom. The molecule has 0 spiro atoms. The number of carboxylic acids is 1. The van der Waals surface area contributed by atoms with E-state index in [-0.39, 0.29) is 16.9 Å². The largest absolute Gasteiger partial charge is 0.479 e. The van der Waals surface area contributed by atoms with Gasteiger partial charge >= 0.3 is 12.6 Å². The molecule has 0 amide bonds. The molecule has 1 rings (SSSR count). The van der Waals surface area contributed by atoms with E-state index in [0.717, 1.165) is 0 Å². The van der Waals surface area contributed by atoms with Crippen LogP contribution >= 0.6 is 15.9 Å². The van der Waals surface area contributed by atoms with Crippen LogP contribution in [-0.4, -0.2) is 28.1 Å². The predicted molar refractivity (Wildman–Crippen MR) is 67.8 cm³/mol. The molecule has 0 heterocycles. The van der Waals surface area contributed by atoms with Gasteiger partial charge in [0.25, 0.3) is 0 Å². The summed E-state index contributed by atoms with van der Waals surface area (Å²) in [5.74, 6) is -1.54. The third kappa shape index (κ3) is 4.43. The first-order valence-corrected chi connectivity index (χ1v) is 6.63. The van der Waals surface area contributed by atoms with Crippen molar-refractivity contribution in [3.05, 3.63) is 29.3 Å². The zero-order chi connectivity index (χ0) is 14.4. The van der Waals surface area contributed by atoms with E-state index >= 15 is 0 Å². The van der Waals surface area contributed by atoms with Gasteiger partial charge < -0.3 is 14.9 Å². The van der Waals surface area contributed by atoms with Crippen LogP contribution in [0.15, 0.2) is 18.2 Å². The number of carboxylic acid groups (broad SMARTS) is 1. The highest BCUT2D eigenvalue weighted by Gasteiger charge is 2.22. The van der Waals surface area contributed by atoms with E-state index in [0.29, 0.717) is 18.2 Å². The lowest BCUT2D eigenvalue weighted by Gasteiger charge is -2.16. The summed E-state index contributed by atoms with van der Waals surface area (Å²) in [5, 5.41) is 19.0. The van der Waals surface area contributed by atoms with Crippen LogP contribution in [0.3, 0.4) is 0 Å². The maximum Gasteiger partial charge on any atom is 0.387 e. The molecule has 1 aromatic carbocycles. The summed E-state index contributed by atoms with van der Waals surface area (Å²) in [5.41, 5.74) is 0.365. The molecule has 4 nitrogen and oxygen atoms in total. The third-order valence-corrected chi connectivity index (χ3v) is 3.03. The molecule has 0 saturated carbocycles. The minimum atomic E-state index is -3.00. The van der Waals surface area contributed by atoms with E-state index in [4.69, 9.17) is 5.11 Å². The van der Waals surface area contributed by atoms with Gasteiger partial charge in [-0.25, -0.2) is 4.79 Å². The first-order valence-electron chi connectivity index (χ1n) is 5.50. The number of ether oxygens (including phenoxy) is 1. The molecule has 1 atom stereocenters.